The lowest BCUT2D eigenvalue weighted by molar-refractivity contribution is 0.102. The summed E-state index contributed by atoms with van der Waals surface area (Å²) in [7, 11) is 0. The molecule has 9 nitrogen and oxygen atoms in total. The highest BCUT2D eigenvalue weighted by atomic mass is 16.3. The van der Waals surface area contributed by atoms with E-state index in [0.717, 1.165) is 50.9 Å². The summed E-state index contributed by atoms with van der Waals surface area (Å²) in [5.74, 6) is 1.07. The summed E-state index contributed by atoms with van der Waals surface area (Å²) < 4.78 is 1.68. The van der Waals surface area contributed by atoms with Crippen LogP contribution in [0.15, 0.2) is 42.9 Å². The fraction of sp³-hybridized carbons (Fsp3) is 0.483. The third-order valence-corrected chi connectivity index (χ3v) is 8.54. The molecule has 2 saturated carbocycles. The summed E-state index contributed by atoms with van der Waals surface area (Å²) >= 11 is 0. The second kappa shape index (κ2) is 9.93. The summed E-state index contributed by atoms with van der Waals surface area (Å²) in [5, 5.41) is 27.3. The molecule has 1 atom stereocenters. The Morgan fingerprint density at radius 3 is 2.50 bits per heavy atom. The first-order valence-corrected chi connectivity index (χ1v) is 13.6. The van der Waals surface area contributed by atoms with Crippen molar-refractivity contribution in [2.24, 2.45) is 0 Å². The van der Waals surface area contributed by atoms with Crippen LogP contribution in [0.4, 0.5) is 5.69 Å². The van der Waals surface area contributed by atoms with E-state index in [1.807, 2.05) is 31.3 Å². The molecule has 1 unspecified atom stereocenters. The number of nitrogens with zero attached hydrogens (tertiary/aromatic N) is 6. The number of nitriles is 1. The summed E-state index contributed by atoms with van der Waals surface area (Å²) in [4.78, 5) is 24.6. The van der Waals surface area contributed by atoms with Crippen molar-refractivity contribution in [2.45, 2.75) is 75.3 Å². The minimum absolute atomic E-state index is 0.227. The van der Waals surface area contributed by atoms with E-state index in [1.165, 1.54) is 18.4 Å². The molecular weight excluding hydrogens is 478 g/mol. The highest BCUT2D eigenvalue weighted by Crippen LogP contribution is 2.41. The first-order valence-electron chi connectivity index (χ1n) is 13.6. The zero-order valence-corrected chi connectivity index (χ0v) is 21.7. The van der Waals surface area contributed by atoms with E-state index in [4.69, 9.17) is 0 Å². The van der Waals surface area contributed by atoms with E-state index in [-0.39, 0.29) is 12.0 Å². The van der Waals surface area contributed by atoms with Gasteiger partial charge in [-0.15, -0.1) is 0 Å². The molecule has 0 spiro atoms. The number of β-amino-alcohol motifs (C(OH)–C–C–N with tert-alkyl or cyclic N) is 1. The number of amides is 1. The van der Waals surface area contributed by atoms with Gasteiger partial charge in [-0.25, -0.2) is 9.67 Å². The molecule has 2 aliphatic carbocycles. The Labute approximate surface area is 222 Å². The van der Waals surface area contributed by atoms with Crippen LogP contribution in [0.1, 0.15) is 78.2 Å². The number of hydrogen-bond donors (Lipinski definition) is 2. The van der Waals surface area contributed by atoms with E-state index < -0.39 is 5.41 Å². The molecule has 3 aromatic rings. The van der Waals surface area contributed by atoms with Crippen LogP contribution in [0.3, 0.4) is 0 Å². The van der Waals surface area contributed by atoms with Gasteiger partial charge in [0.1, 0.15) is 0 Å². The Morgan fingerprint density at radius 1 is 1.08 bits per heavy atom. The molecule has 0 radical (unpaired) electrons. The van der Waals surface area contributed by atoms with Gasteiger partial charge in [0.15, 0.2) is 5.82 Å². The van der Waals surface area contributed by atoms with Crippen molar-refractivity contribution in [1.29, 1.82) is 5.26 Å². The molecule has 3 aromatic heterocycles. The molecule has 0 aromatic carbocycles. The minimum Gasteiger partial charge on any atom is -0.392 e. The number of nitrogens with one attached hydrogen (secondary N) is 1. The fourth-order valence-corrected chi connectivity index (χ4v) is 5.98. The standard InChI is InChI=1S/C29H33N7O2/c1-19-25(16-33-36(19)27-7-4-21(14-32-27)20-2-3-20)28(38)34-22-5-6-26(31-15-22)29(18-30)11-8-23(9-12-29)35-13-10-24(37)17-35/h4-7,14-16,20,23-24,37H,2-3,8-13,17H2,1H3,(H,34,38)/t23-,24?,29-. The predicted molar refractivity (Wildman–Crippen MR) is 142 cm³/mol. The number of aliphatic hydroxyl groups is 1. The van der Waals surface area contributed by atoms with Gasteiger partial charge in [-0.1, -0.05) is 6.07 Å². The second-order valence-corrected chi connectivity index (χ2v) is 11.0. The van der Waals surface area contributed by atoms with Gasteiger partial charge in [-0.2, -0.15) is 10.4 Å². The predicted octanol–water partition coefficient (Wildman–Crippen LogP) is 3.87. The van der Waals surface area contributed by atoms with Crippen LogP contribution in [0, 0.1) is 18.3 Å². The summed E-state index contributed by atoms with van der Waals surface area (Å²) in [5.41, 5.74) is 3.15. The van der Waals surface area contributed by atoms with Gasteiger partial charge in [0, 0.05) is 25.3 Å². The van der Waals surface area contributed by atoms with Crippen LogP contribution < -0.4 is 5.32 Å². The first-order chi connectivity index (χ1) is 18.5. The van der Waals surface area contributed by atoms with Crippen LogP contribution in [-0.2, 0) is 5.41 Å². The van der Waals surface area contributed by atoms with E-state index in [0.29, 0.717) is 34.7 Å². The van der Waals surface area contributed by atoms with Crippen LogP contribution in [-0.4, -0.2) is 60.9 Å². The molecule has 38 heavy (non-hydrogen) atoms. The number of carbonyl (C=O) groups excluding carboxylic acids is 1. The number of rotatable bonds is 6. The number of anilines is 1. The van der Waals surface area contributed by atoms with E-state index in [2.05, 4.69) is 37.4 Å². The number of aromatic nitrogens is 4. The zero-order chi connectivity index (χ0) is 26.3. The number of hydrogen-bond acceptors (Lipinski definition) is 7. The molecule has 1 amide bonds. The first kappa shape index (κ1) is 24.7. The average Bonchev–Trinajstić information content (AvgIpc) is 3.60. The largest absolute Gasteiger partial charge is 0.392 e. The Balaban J connectivity index is 1.11. The maximum absolute atomic E-state index is 13.0. The highest BCUT2D eigenvalue weighted by molar-refractivity contribution is 6.04. The Kier molecular flexibility index (Phi) is 6.46. The maximum atomic E-state index is 13.0. The molecule has 9 heteroatoms. The molecule has 6 rings (SSSR count). The van der Waals surface area contributed by atoms with Gasteiger partial charge < -0.3 is 10.4 Å². The normalized spacial score (nSPS) is 25.7. The lowest BCUT2D eigenvalue weighted by atomic mass is 9.71. The smallest absolute Gasteiger partial charge is 0.259 e. The van der Waals surface area contributed by atoms with E-state index >= 15 is 0 Å². The highest BCUT2D eigenvalue weighted by Gasteiger charge is 2.41. The molecule has 2 N–H and O–H groups in total. The molecule has 4 heterocycles. The minimum atomic E-state index is -0.614. The van der Waals surface area contributed by atoms with Gasteiger partial charge in [0.25, 0.3) is 5.91 Å². The van der Waals surface area contributed by atoms with Gasteiger partial charge in [0.2, 0.25) is 0 Å². The molecule has 0 bridgehead atoms. The third kappa shape index (κ3) is 4.70. The molecule has 1 aliphatic heterocycles. The van der Waals surface area contributed by atoms with Crippen molar-refractivity contribution in [3.63, 3.8) is 0 Å². The van der Waals surface area contributed by atoms with Crippen molar-refractivity contribution < 1.29 is 9.90 Å². The number of likely N-dealkylation sites (tertiary alicyclic amines) is 1. The molecule has 3 fully saturated rings. The Hall–Kier alpha value is -3.61. The lowest BCUT2D eigenvalue weighted by Crippen LogP contribution is -2.41. The quantitative estimate of drug-likeness (QED) is 0.515. The van der Waals surface area contributed by atoms with Crippen molar-refractivity contribution in [3.8, 4) is 11.9 Å². The second-order valence-electron chi connectivity index (χ2n) is 11.0. The van der Waals surface area contributed by atoms with Gasteiger partial charge in [0.05, 0.1) is 52.6 Å². The molecular formula is C29H33N7O2. The lowest BCUT2D eigenvalue weighted by Gasteiger charge is -2.38. The van der Waals surface area contributed by atoms with Crippen LogP contribution in [0.2, 0.25) is 0 Å². The van der Waals surface area contributed by atoms with E-state index in [1.54, 1.807) is 17.1 Å². The Morgan fingerprint density at radius 2 is 1.89 bits per heavy atom. The van der Waals surface area contributed by atoms with Gasteiger partial charge in [-0.05, 0) is 81.5 Å². The zero-order valence-electron chi connectivity index (χ0n) is 21.7. The fourth-order valence-electron chi connectivity index (χ4n) is 5.98. The van der Waals surface area contributed by atoms with Crippen molar-refractivity contribution >= 4 is 11.6 Å². The molecule has 196 valence electrons. The maximum Gasteiger partial charge on any atom is 0.259 e. The van der Waals surface area contributed by atoms with Gasteiger partial charge >= 0.3 is 0 Å². The molecule has 1 saturated heterocycles. The number of aliphatic hydroxyl groups excluding tert-OH is 1. The van der Waals surface area contributed by atoms with E-state index in [9.17, 15) is 15.2 Å². The third-order valence-electron chi connectivity index (χ3n) is 8.54. The van der Waals surface area contributed by atoms with Crippen molar-refractivity contribution in [2.75, 3.05) is 18.4 Å². The summed E-state index contributed by atoms with van der Waals surface area (Å²) in [6, 6.07) is 10.7. The SMILES string of the molecule is Cc1c(C(=O)Nc2ccc([C@]3(C#N)CC[C@@H](N4CCC(O)C4)CC3)nc2)cnn1-c1ccc(C2CC2)cn1. The van der Waals surface area contributed by atoms with Crippen molar-refractivity contribution in [1.82, 2.24) is 24.6 Å². The Bertz CT molecular complexity index is 1350. The molecule has 3 aliphatic rings. The monoisotopic (exact) mass is 511 g/mol. The van der Waals surface area contributed by atoms with Gasteiger partial charge in [-0.3, -0.25) is 14.7 Å². The van der Waals surface area contributed by atoms with Crippen molar-refractivity contribution in [3.05, 3.63) is 65.4 Å². The summed E-state index contributed by atoms with van der Waals surface area (Å²) in [6.07, 6.45) is 11.5. The average molecular weight is 512 g/mol. The van der Waals surface area contributed by atoms with Crippen LogP contribution in [0.25, 0.3) is 5.82 Å². The topological polar surface area (TPSA) is 120 Å². The number of carbonyl (C=O) groups is 1. The number of pyridine rings is 2. The van der Waals surface area contributed by atoms with Crippen LogP contribution in [0.5, 0.6) is 0 Å². The van der Waals surface area contributed by atoms with Crippen LogP contribution >= 0.6 is 0 Å². The summed E-state index contributed by atoms with van der Waals surface area (Å²) in [6.45, 7) is 3.52.